The fraction of sp³-hybridized carbons (Fsp3) is 0.917. The van der Waals surface area contributed by atoms with Gasteiger partial charge >= 0.3 is 0 Å². The van der Waals surface area contributed by atoms with Crippen LogP contribution in [0.1, 0.15) is 25.7 Å². The summed E-state index contributed by atoms with van der Waals surface area (Å²) in [7, 11) is 0. The molecule has 5 heteroatoms. The zero-order valence-corrected chi connectivity index (χ0v) is 10.2. The molecule has 0 aromatic carbocycles. The van der Waals surface area contributed by atoms with E-state index in [4.69, 9.17) is 15.6 Å². The second-order valence-electron chi connectivity index (χ2n) is 5.25. The number of nitrogens with two attached hydrogens (primary N) is 1. The van der Waals surface area contributed by atoms with Crippen LogP contribution >= 0.6 is 0 Å². The van der Waals surface area contributed by atoms with E-state index in [9.17, 15) is 4.79 Å². The van der Waals surface area contributed by atoms with Gasteiger partial charge in [0.25, 0.3) is 0 Å². The summed E-state index contributed by atoms with van der Waals surface area (Å²) in [6, 6.07) is 0. The van der Waals surface area contributed by atoms with E-state index in [2.05, 4.69) is 0 Å². The molecular formula is C12H22N2O3. The van der Waals surface area contributed by atoms with Crippen LogP contribution in [0.15, 0.2) is 0 Å². The molecule has 17 heavy (non-hydrogen) atoms. The van der Waals surface area contributed by atoms with Gasteiger partial charge in [0.15, 0.2) is 0 Å². The van der Waals surface area contributed by atoms with E-state index in [1.54, 1.807) is 4.90 Å². The highest BCUT2D eigenvalue weighted by Crippen LogP contribution is 2.43. The average Bonchev–Trinajstić information content (AvgIpc) is 2.33. The largest absolute Gasteiger partial charge is 0.394 e. The summed E-state index contributed by atoms with van der Waals surface area (Å²) in [5.74, 6) is 0.164. The number of nitrogens with zero attached hydrogens (tertiary/aromatic N) is 1. The third kappa shape index (κ3) is 2.78. The molecule has 1 heterocycles. The monoisotopic (exact) mass is 242 g/mol. The number of carbonyl (C=O) groups excluding carboxylic acids is 1. The number of hydrogen-bond acceptors (Lipinski definition) is 4. The Kier molecular flexibility index (Phi) is 4.01. The zero-order valence-electron chi connectivity index (χ0n) is 10.2. The number of carbonyl (C=O) groups is 1. The van der Waals surface area contributed by atoms with Gasteiger partial charge in [-0.05, 0) is 24.8 Å². The van der Waals surface area contributed by atoms with Crippen LogP contribution < -0.4 is 5.73 Å². The molecule has 1 aliphatic carbocycles. The van der Waals surface area contributed by atoms with Crippen LogP contribution in [0.4, 0.5) is 0 Å². The van der Waals surface area contributed by atoms with Gasteiger partial charge in [0.1, 0.15) is 0 Å². The minimum atomic E-state index is -0.220. The number of amides is 1. The van der Waals surface area contributed by atoms with Crippen molar-refractivity contribution in [2.45, 2.75) is 31.8 Å². The molecule has 5 nitrogen and oxygen atoms in total. The van der Waals surface area contributed by atoms with Crippen LogP contribution in [0.2, 0.25) is 0 Å². The van der Waals surface area contributed by atoms with Crippen LogP contribution in [0.5, 0.6) is 0 Å². The summed E-state index contributed by atoms with van der Waals surface area (Å²) in [6.45, 7) is 2.25. The van der Waals surface area contributed by atoms with Crippen LogP contribution in [-0.4, -0.2) is 54.9 Å². The molecule has 1 saturated carbocycles. The molecule has 2 fully saturated rings. The maximum Gasteiger partial charge on any atom is 0.223 e. The second-order valence-corrected chi connectivity index (χ2v) is 5.25. The van der Waals surface area contributed by atoms with Crippen LogP contribution in [0, 0.1) is 5.41 Å². The number of rotatable bonds is 4. The van der Waals surface area contributed by atoms with Crippen molar-refractivity contribution in [1.29, 1.82) is 0 Å². The summed E-state index contributed by atoms with van der Waals surface area (Å²) in [5, 5.41) is 9.04. The number of aliphatic hydroxyl groups excluding tert-OH is 1. The van der Waals surface area contributed by atoms with Gasteiger partial charge in [-0.15, -0.1) is 0 Å². The number of ether oxygens (including phenoxy) is 1. The maximum atomic E-state index is 12.2. The molecule has 1 amide bonds. The minimum Gasteiger partial charge on any atom is -0.394 e. The van der Waals surface area contributed by atoms with Crippen molar-refractivity contribution in [1.82, 2.24) is 4.90 Å². The molecule has 1 unspecified atom stereocenters. The molecule has 1 aliphatic heterocycles. The fourth-order valence-corrected chi connectivity index (χ4v) is 2.62. The molecule has 0 aromatic rings. The molecule has 1 atom stereocenters. The third-order valence-electron chi connectivity index (χ3n) is 4.07. The summed E-state index contributed by atoms with van der Waals surface area (Å²) in [5.41, 5.74) is 5.82. The normalized spacial score (nSPS) is 27.6. The molecule has 0 radical (unpaired) electrons. The maximum absolute atomic E-state index is 12.2. The van der Waals surface area contributed by atoms with Crippen molar-refractivity contribution in [3.05, 3.63) is 0 Å². The highest BCUT2D eigenvalue weighted by atomic mass is 16.5. The van der Waals surface area contributed by atoms with Gasteiger partial charge in [0.05, 0.1) is 19.3 Å². The van der Waals surface area contributed by atoms with Crippen LogP contribution in [-0.2, 0) is 9.53 Å². The third-order valence-corrected chi connectivity index (χ3v) is 4.07. The molecular weight excluding hydrogens is 220 g/mol. The first-order valence-corrected chi connectivity index (χ1v) is 6.39. The lowest BCUT2D eigenvalue weighted by Gasteiger charge is -2.42. The Labute approximate surface area is 102 Å². The van der Waals surface area contributed by atoms with E-state index in [0.29, 0.717) is 32.7 Å². The standard InChI is InChI=1S/C12H22N2O3/c13-9-12(2-1-3-12)6-11(16)14-4-5-17-10(7-14)8-15/h10,15H,1-9,13H2. The SMILES string of the molecule is NCC1(CC(=O)N2CCOC(CO)C2)CCC1. The Morgan fingerprint density at radius 1 is 1.53 bits per heavy atom. The first-order chi connectivity index (χ1) is 8.19. The number of hydrogen-bond donors (Lipinski definition) is 2. The first-order valence-electron chi connectivity index (χ1n) is 6.39. The van der Waals surface area contributed by atoms with E-state index in [0.717, 1.165) is 12.8 Å². The Balaban J connectivity index is 1.86. The lowest BCUT2D eigenvalue weighted by atomic mass is 9.66. The minimum absolute atomic E-state index is 0.0220. The Bertz CT molecular complexity index is 273. The summed E-state index contributed by atoms with van der Waals surface area (Å²) in [4.78, 5) is 14.0. The van der Waals surface area contributed by atoms with Gasteiger partial charge in [0, 0.05) is 19.5 Å². The van der Waals surface area contributed by atoms with E-state index >= 15 is 0 Å². The molecule has 0 spiro atoms. The van der Waals surface area contributed by atoms with E-state index < -0.39 is 0 Å². The molecule has 2 aliphatic rings. The molecule has 3 N–H and O–H groups in total. The molecule has 1 saturated heterocycles. The smallest absolute Gasteiger partial charge is 0.223 e. The number of morpholine rings is 1. The van der Waals surface area contributed by atoms with Crippen molar-refractivity contribution < 1.29 is 14.6 Å². The lowest BCUT2D eigenvalue weighted by molar-refractivity contribution is -0.144. The fourth-order valence-electron chi connectivity index (χ4n) is 2.62. The number of aliphatic hydroxyl groups is 1. The summed E-state index contributed by atoms with van der Waals surface area (Å²) >= 11 is 0. The van der Waals surface area contributed by atoms with E-state index in [1.165, 1.54) is 6.42 Å². The van der Waals surface area contributed by atoms with Crippen LogP contribution in [0.25, 0.3) is 0 Å². The summed E-state index contributed by atoms with van der Waals surface area (Å²) in [6.07, 6.45) is 3.67. The zero-order chi connectivity index (χ0) is 12.3. The van der Waals surface area contributed by atoms with E-state index in [-0.39, 0.29) is 24.0 Å². The Morgan fingerprint density at radius 3 is 2.82 bits per heavy atom. The molecule has 98 valence electrons. The van der Waals surface area contributed by atoms with Crippen molar-refractivity contribution in [2.75, 3.05) is 32.8 Å². The van der Waals surface area contributed by atoms with Crippen LogP contribution in [0.3, 0.4) is 0 Å². The van der Waals surface area contributed by atoms with Crippen molar-refractivity contribution in [3.63, 3.8) is 0 Å². The first kappa shape index (κ1) is 12.8. The Hall–Kier alpha value is -0.650. The van der Waals surface area contributed by atoms with Crippen molar-refractivity contribution in [2.24, 2.45) is 11.1 Å². The van der Waals surface area contributed by atoms with Gasteiger partial charge in [-0.25, -0.2) is 0 Å². The quantitative estimate of drug-likeness (QED) is 0.711. The molecule has 0 bridgehead atoms. The molecule has 2 rings (SSSR count). The second kappa shape index (κ2) is 5.33. The van der Waals surface area contributed by atoms with Crippen molar-refractivity contribution >= 4 is 5.91 Å². The summed E-state index contributed by atoms with van der Waals surface area (Å²) < 4.78 is 5.34. The lowest BCUT2D eigenvalue weighted by Crippen LogP contribution is -2.49. The van der Waals surface area contributed by atoms with Gasteiger partial charge in [0.2, 0.25) is 5.91 Å². The highest BCUT2D eigenvalue weighted by molar-refractivity contribution is 5.77. The molecule has 0 aromatic heterocycles. The Morgan fingerprint density at radius 2 is 2.29 bits per heavy atom. The van der Waals surface area contributed by atoms with Gasteiger partial charge in [-0.1, -0.05) is 6.42 Å². The van der Waals surface area contributed by atoms with Gasteiger partial charge < -0.3 is 20.5 Å². The highest BCUT2D eigenvalue weighted by Gasteiger charge is 2.39. The van der Waals surface area contributed by atoms with Crippen molar-refractivity contribution in [3.8, 4) is 0 Å². The topological polar surface area (TPSA) is 75.8 Å². The van der Waals surface area contributed by atoms with E-state index in [1.807, 2.05) is 0 Å². The van der Waals surface area contributed by atoms with Gasteiger partial charge in [-0.2, -0.15) is 0 Å². The predicted molar refractivity (Wildman–Crippen MR) is 63.4 cm³/mol. The predicted octanol–water partition coefficient (Wildman–Crippen LogP) is -0.275. The average molecular weight is 242 g/mol. The van der Waals surface area contributed by atoms with Gasteiger partial charge in [-0.3, -0.25) is 4.79 Å².